The van der Waals surface area contributed by atoms with Crippen LogP contribution in [0.1, 0.15) is 27.0 Å². The van der Waals surface area contributed by atoms with Gasteiger partial charge in [-0.2, -0.15) is 0 Å². The normalized spacial score (nSPS) is 13.1. The Morgan fingerprint density at radius 3 is 2.31 bits per heavy atom. The Balaban J connectivity index is 1.92. The smallest absolute Gasteiger partial charge is 0.344 e. The van der Waals surface area contributed by atoms with Crippen molar-refractivity contribution in [2.45, 2.75) is 20.3 Å². The standard InChI is InChI=1S/C23H16O3/c1-12-3-5-15-14(7-12)9-21(24)19-10-18-16-6-4-13(2)8-22(16)26-23(25)20(18)11-17(15)19/h3-8,10-11H,9H2,1-2H3. The summed E-state index contributed by atoms with van der Waals surface area (Å²) in [6.45, 7) is 3.97. The van der Waals surface area contributed by atoms with E-state index in [4.69, 9.17) is 4.42 Å². The Morgan fingerprint density at radius 2 is 1.46 bits per heavy atom. The highest BCUT2D eigenvalue weighted by Crippen LogP contribution is 2.37. The zero-order chi connectivity index (χ0) is 18.0. The summed E-state index contributed by atoms with van der Waals surface area (Å²) in [6.07, 6.45) is 0.397. The van der Waals surface area contributed by atoms with Crippen LogP contribution in [0.15, 0.2) is 57.7 Å². The van der Waals surface area contributed by atoms with Gasteiger partial charge in [0.25, 0.3) is 0 Å². The second-order valence-electron chi connectivity index (χ2n) is 7.09. The van der Waals surface area contributed by atoms with Crippen LogP contribution in [0.2, 0.25) is 0 Å². The van der Waals surface area contributed by atoms with Crippen molar-refractivity contribution in [3.05, 3.63) is 81.2 Å². The molecule has 1 aliphatic carbocycles. The fraction of sp³-hybridized carbons (Fsp3) is 0.130. The van der Waals surface area contributed by atoms with Gasteiger partial charge in [0.15, 0.2) is 5.78 Å². The van der Waals surface area contributed by atoms with Gasteiger partial charge in [-0.05, 0) is 54.3 Å². The summed E-state index contributed by atoms with van der Waals surface area (Å²) >= 11 is 0. The largest absolute Gasteiger partial charge is 0.422 e. The second-order valence-corrected chi connectivity index (χ2v) is 7.09. The van der Waals surface area contributed by atoms with Crippen LogP contribution in [0.5, 0.6) is 0 Å². The first-order valence-electron chi connectivity index (χ1n) is 8.65. The third kappa shape index (κ3) is 2.07. The lowest BCUT2D eigenvalue weighted by Gasteiger charge is -2.20. The fourth-order valence-corrected chi connectivity index (χ4v) is 3.94. The van der Waals surface area contributed by atoms with Gasteiger partial charge in [-0.25, -0.2) is 4.79 Å². The molecule has 1 aromatic heterocycles. The second kappa shape index (κ2) is 5.15. The summed E-state index contributed by atoms with van der Waals surface area (Å²) in [5.74, 6) is 0.0912. The predicted octanol–water partition coefficient (Wildman–Crippen LogP) is 4.97. The number of aryl methyl sites for hydroxylation is 2. The molecule has 4 aromatic rings. The maximum absolute atomic E-state index is 12.8. The van der Waals surface area contributed by atoms with Crippen LogP contribution in [0.25, 0.3) is 32.9 Å². The van der Waals surface area contributed by atoms with Crippen molar-refractivity contribution in [1.82, 2.24) is 0 Å². The number of carbonyl (C=O) groups excluding carboxylic acids is 1. The van der Waals surface area contributed by atoms with E-state index >= 15 is 0 Å². The third-order valence-corrected chi connectivity index (χ3v) is 5.21. The average Bonchev–Trinajstić information content (AvgIpc) is 2.60. The van der Waals surface area contributed by atoms with Crippen LogP contribution >= 0.6 is 0 Å². The van der Waals surface area contributed by atoms with Crippen LogP contribution in [-0.4, -0.2) is 5.78 Å². The number of ketones is 1. The summed E-state index contributed by atoms with van der Waals surface area (Å²) in [4.78, 5) is 25.4. The number of hydrogen-bond donors (Lipinski definition) is 0. The maximum atomic E-state index is 12.8. The fourth-order valence-electron chi connectivity index (χ4n) is 3.94. The maximum Gasteiger partial charge on any atom is 0.344 e. The molecule has 0 saturated heterocycles. The molecule has 0 fully saturated rings. The number of benzene rings is 3. The Bertz CT molecular complexity index is 1310. The first-order valence-corrected chi connectivity index (χ1v) is 8.65. The van der Waals surface area contributed by atoms with Crippen LogP contribution in [-0.2, 0) is 6.42 Å². The molecule has 0 aliphatic heterocycles. The quantitative estimate of drug-likeness (QED) is 0.335. The molecular formula is C23H16O3. The molecule has 5 rings (SSSR count). The van der Waals surface area contributed by atoms with E-state index in [2.05, 4.69) is 0 Å². The van der Waals surface area contributed by atoms with E-state index in [1.807, 2.05) is 62.4 Å². The summed E-state index contributed by atoms with van der Waals surface area (Å²) in [5, 5.41) is 2.15. The zero-order valence-corrected chi connectivity index (χ0v) is 14.6. The minimum absolute atomic E-state index is 0.0912. The number of Topliss-reactive ketones (excluding diaryl/α,β-unsaturated/α-hetero) is 1. The lowest BCUT2D eigenvalue weighted by atomic mass is 9.82. The van der Waals surface area contributed by atoms with E-state index in [1.165, 1.54) is 0 Å². The van der Waals surface area contributed by atoms with E-state index in [1.54, 1.807) is 0 Å². The van der Waals surface area contributed by atoms with Gasteiger partial charge in [0, 0.05) is 22.8 Å². The number of rotatable bonds is 0. The molecule has 1 aliphatic rings. The molecule has 3 nitrogen and oxygen atoms in total. The number of carbonyl (C=O) groups is 1. The van der Waals surface area contributed by atoms with Crippen LogP contribution < -0.4 is 5.63 Å². The third-order valence-electron chi connectivity index (χ3n) is 5.21. The first kappa shape index (κ1) is 15.1. The minimum Gasteiger partial charge on any atom is -0.422 e. The Hall–Kier alpha value is -3.20. The molecule has 26 heavy (non-hydrogen) atoms. The zero-order valence-electron chi connectivity index (χ0n) is 14.6. The van der Waals surface area contributed by atoms with Crippen molar-refractivity contribution in [2.75, 3.05) is 0 Å². The van der Waals surface area contributed by atoms with Crippen molar-refractivity contribution in [3.8, 4) is 11.1 Å². The molecule has 0 unspecified atom stereocenters. The van der Waals surface area contributed by atoms with Crippen LogP contribution in [0, 0.1) is 13.8 Å². The van der Waals surface area contributed by atoms with Gasteiger partial charge in [0.1, 0.15) is 5.58 Å². The molecule has 0 N–H and O–H groups in total. The first-order chi connectivity index (χ1) is 12.5. The molecule has 0 saturated carbocycles. The molecule has 126 valence electrons. The van der Waals surface area contributed by atoms with Gasteiger partial charge in [-0.3, -0.25) is 4.79 Å². The minimum atomic E-state index is -0.368. The van der Waals surface area contributed by atoms with Gasteiger partial charge in [0.2, 0.25) is 0 Å². The van der Waals surface area contributed by atoms with Gasteiger partial charge in [-0.1, -0.05) is 35.9 Å². The molecule has 1 heterocycles. The van der Waals surface area contributed by atoms with Crippen molar-refractivity contribution >= 4 is 27.5 Å². The summed E-state index contributed by atoms with van der Waals surface area (Å²) < 4.78 is 5.54. The van der Waals surface area contributed by atoms with Crippen molar-refractivity contribution < 1.29 is 9.21 Å². The van der Waals surface area contributed by atoms with E-state index in [9.17, 15) is 9.59 Å². The van der Waals surface area contributed by atoms with Crippen molar-refractivity contribution in [3.63, 3.8) is 0 Å². The Kier molecular flexibility index (Phi) is 2.99. The Labute approximate surface area is 149 Å². The average molecular weight is 340 g/mol. The molecule has 3 heteroatoms. The lowest BCUT2D eigenvalue weighted by Crippen LogP contribution is -2.13. The van der Waals surface area contributed by atoms with Crippen molar-refractivity contribution in [1.29, 1.82) is 0 Å². The SMILES string of the molecule is Cc1ccc2c(c1)CC(=O)c1cc3c(cc1-2)c(=O)oc1cc(C)ccc13. The number of hydrogen-bond acceptors (Lipinski definition) is 3. The number of fused-ring (bicyclic) bond motifs is 6. The summed E-state index contributed by atoms with van der Waals surface area (Å²) in [6, 6.07) is 15.6. The monoisotopic (exact) mass is 340 g/mol. The van der Waals surface area contributed by atoms with Gasteiger partial charge >= 0.3 is 5.63 Å². The molecule has 0 amide bonds. The molecule has 3 aromatic carbocycles. The summed E-state index contributed by atoms with van der Waals surface area (Å²) in [7, 11) is 0. The van der Waals surface area contributed by atoms with Crippen LogP contribution in [0.3, 0.4) is 0 Å². The van der Waals surface area contributed by atoms with E-state index in [-0.39, 0.29) is 11.4 Å². The molecular weight excluding hydrogens is 324 g/mol. The highest BCUT2D eigenvalue weighted by Gasteiger charge is 2.24. The topological polar surface area (TPSA) is 47.3 Å². The molecule has 0 atom stereocenters. The molecule has 0 spiro atoms. The molecule has 0 bridgehead atoms. The van der Waals surface area contributed by atoms with Gasteiger partial charge < -0.3 is 4.42 Å². The van der Waals surface area contributed by atoms with Gasteiger partial charge in [-0.15, -0.1) is 0 Å². The highest BCUT2D eigenvalue weighted by atomic mass is 16.4. The van der Waals surface area contributed by atoms with Crippen molar-refractivity contribution in [2.24, 2.45) is 0 Å². The van der Waals surface area contributed by atoms with E-state index in [0.29, 0.717) is 23.0 Å². The highest BCUT2D eigenvalue weighted by molar-refractivity contribution is 6.14. The predicted molar refractivity (Wildman–Crippen MR) is 103 cm³/mol. The van der Waals surface area contributed by atoms with Gasteiger partial charge in [0.05, 0.1) is 5.39 Å². The Morgan fingerprint density at radius 1 is 0.731 bits per heavy atom. The van der Waals surface area contributed by atoms with Crippen LogP contribution in [0.4, 0.5) is 0 Å². The molecule has 0 radical (unpaired) electrons. The lowest BCUT2D eigenvalue weighted by molar-refractivity contribution is 0.0992. The van der Waals surface area contributed by atoms with E-state index in [0.717, 1.165) is 38.6 Å². The van der Waals surface area contributed by atoms with E-state index < -0.39 is 0 Å². The summed E-state index contributed by atoms with van der Waals surface area (Å²) in [5.41, 5.74) is 5.89.